The summed E-state index contributed by atoms with van der Waals surface area (Å²) in [5, 5.41) is 8.56. The van der Waals surface area contributed by atoms with Gasteiger partial charge in [-0.1, -0.05) is 6.92 Å². The molecule has 2 amide bonds. The van der Waals surface area contributed by atoms with Crippen molar-refractivity contribution < 1.29 is 9.59 Å². The molecule has 88 valence electrons. The van der Waals surface area contributed by atoms with Gasteiger partial charge in [0.2, 0.25) is 11.7 Å². The number of amides is 2. The number of nitrogens with zero attached hydrogens (tertiary/aromatic N) is 3. The maximum atomic E-state index is 11.9. The lowest BCUT2D eigenvalue weighted by Crippen LogP contribution is -2.40. The Morgan fingerprint density at radius 2 is 2.31 bits per heavy atom. The summed E-state index contributed by atoms with van der Waals surface area (Å²) >= 11 is 0. The normalized spacial score (nSPS) is 9.88. The smallest absolute Gasteiger partial charge is 0.291 e. The van der Waals surface area contributed by atoms with E-state index in [0.29, 0.717) is 6.54 Å². The Morgan fingerprint density at radius 1 is 1.56 bits per heavy atom. The van der Waals surface area contributed by atoms with Crippen LogP contribution in [-0.4, -0.2) is 52.0 Å². The molecule has 0 aromatic carbocycles. The summed E-state index contributed by atoms with van der Waals surface area (Å²) in [5.74, 6) is -0.374. The van der Waals surface area contributed by atoms with Gasteiger partial charge >= 0.3 is 0 Å². The van der Waals surface area contributed by atoms with E-state index in [2.05, 4.69) is 20.5 Å². The average Bonchev–Trinajstić information content (AvgIpc) is 2.80. The Hall–Kier alpha value is -1.92. The minimum atomic E-state index is -0.317. The first kappa shape index (κ1) is 12.2. The molecule has 0 saturated carbocycles. The lowest BCUT2D eigenvalue weighted by atomic mass is 10.3. The largest absolute Gasteiger partial charge is 0.358 e. The highest BCUT2D eigenvalue weighted by molar-refractivity contribution is 5.93. The van der Waals surface area contributed by atoms with E-state index in [1.807, 2.05) is 6.92 Å². The minimum absolute atomic E-state index is 0.0316. The van der Waals surface area contributed by atoms with Crippen LogP contribution >= 0.6 is 0 Å². The molecule has 0 aliphatic rings. The molecule has 2 N–H and O–H groups in total. The van der Waals surface area contributed by atoms with Crippen LogP contribution in [0.2, 0.25) is 0 Å². The Labute approximate surface area is 93.2 Å². The molecule has 16 heavy (non-hydrogen) atoms. The highest BCUT2D eigenvalue weighted by atomic mass is 16.2. The number of carbonyl (C=O) groups is 2. The third-order valence-corrected chi connectivity index (χ3v) is 2.01. The molecule has 0 aliphatic carbocycles. The zero-order valence-corrected chi connectivity index (χ0v) is 9.36. The van der Waals surface area contributed by atoms with E-state index < -0.39 is 0 Å². The molecular weight excluding hydrogens is 210 g/mol. The van der Waals surface area contributed by atoms with Gasteiger partial charge in [-0.25, -0.2) is 4.98 Å². The van der Waals surface area contributed by atoms with Crippen molar-refractivity contribution >= 4 is 11.8 Å². The fraction of sp³-hybridized carbons (Fsp3) is 0.556. The van der Waals surface area contributed by atoms with Crippen molar-refractivity contribution in [2.75, 3.05) is 20.1 Å². The van der Waals surface area contributed by atoms with E-state index >= 15 is 0 Å². The first-order valence-corrected chi connectivity index (χ1v) is 5.04. The number of hydrogen-bond acceptors (Lipinski definition) is 4. The number of likely N-dealkylation sites (N-methyl/N-ethyl adjacent to an activating group) is 1. The molecule has 1 rings (SSSR count). The molecule has 7 heteroatoms. The Kier molecular flexibility index (Phi) is 4.43. The molecule has 0 atom stereocenters. The van der Waals surface area contributed by atoms with Crippen LogP contribution in [0.5, 0.6) is 0 Å². The lowest BCUT2D eigenvalue weighted by Gasteiger charge is -2.19. The van der Waals surface area contributed by atoms with Gasteiger partial charge < -0.3 is 10.2 Å². The minimum Gasteiger partial charge on any atom is -0.358 e. The average molecular weight is 225 g/mol. The summed E-state index contributed by atoms with van der Waals surface area (Å²) in [7, 11) is 1.53. The van der Waals surface area contributed by atoms with Crippen LogP contribution < -0.4 is 5.32 Å². The van der Waals surface area contributed by atoms with Gasteiger partial charge in [-0.3, -0.25) is 14.7 Å². The summed E-state index contributed by atoms with van der Waals surface area (Å²) < 4.78 is 0. The van der Waals surface area contributed by atoms with E-state index in [4.69, 9.17) is 0 Å². The standard InChI is InChI=1S/C9H15N5O2/c1-3-4-14(5-7(15)10-2)9(16)8-11-6-12-13-8/h6H,3-5H2,1-2H3,(H,10,15)(H,11,12,13). The van der Waals surface area contributed by atoms with Gasteiger partial charge in [0.25, 0.3) is 5.91 Å². The van der Waals surface area contributed by atoms with Gasteiger partial charge in [0.05, 0.1) is 6.54 Å². The van der Waals surface area contributed by atoms with Crippen LogP contribution in [0.4, 0.5) is 0 Å². The van der Waals surface area contributed by atoms with Gasteiger partial charge in [-0.2, -0.15) is 5.10 Å². The maximum absolute atomic E-state index is 11.9. The van der Waals surface area contributed by atoms with Crippen molar-refractivity contribution in [3.63, 3.8) is 0 Å². The number of aromatic amines is 1. The second kappa shape index (κ2) is 5.84. The number of nitrogens with one attached hydrogen (secondary N) is 2. The quantitative estimate of drug-likeness (QED) is 0.700. The fourth-order valence-electron chi connectivity index (χ4n) is 1.23. The first-order chi connectivity index (χ1) is 7.69. The van der Waals surface area contributed by atoms with E-state index in [9.17, 15) is 9.59 Å². The van der Waals surface area contributed by atoms with Crippen LogP contribution in [0.3, 0.4) is 0 Å². The predicted octanol–water partition coefficient (Wildman–Crippen LogP) is -0.597. The number of rotatable bonds is 5. The summed E-state index contributed by atoms with van der Waals surface area (Å²) in [5.41, 5.74) is 0. The molecule has 1 aromatic heterocycles. The number of hydrogen-bond donors (Lipinski definition) is 2. The zero-order valence-electron chi connectivity index (χ0n) is 9.36. The van der Waals surface area contributed by atoms with E-state index in [1.54, 1.807) is 0 Å². The Bertz CT molecular complexity index is 349. The molecule has 0 saturated heterocycles. The number of aromatic nitrogens is 3. The van der Waals surface area contributed by atoms with Crippen molar-refractivity contribution in [2.45, 2.75) is 13.3 Å². The summed E-state index contributed by atoms with van der Waals surface area (Å²) in [6.07, 6.45) is 2.04. The van der Waals surface area contributed by atoms with Gasteiger partial charge in [0, 0.05) is 13.6 Å². The van der Waals surface area contributed by atoms with Gasteiger partial charge in [-0.15, -0.1) is 0 Å². The molecule has 0 bridgehead atoms. The number of H-pyrrole nitrogens is 1. The third kappa shape index (κ3) is 3.04. The monoisotopic (exact) mass is 225 g/mol. The summed E-state index contributed by atoms with van der Waals surface area (Å²) in [6, 6.07) is 0. The lowest BCUT2D eigenvalue weighted by molar-refractivity contribution is -0.121. The van der Waals surface area contributed by atoms with Crippen LogP contribution in [0.1, 0.15) is 24.0 Å². The molecular formula is C9H15N5O2. The molecule has 1 heterocycles. The van der Waals surface area contributed by atoms with Crippen LogP contribution in [0.25, 0.3) is 0 Å². The highest BCUT2D eigenvalue weighted by Gasteiger charge is 2.19. The fourth-order valence-corrected chi connectivity index (χ4v) is 1.23. The third-order valence-electron chi connectivity index (χ3n) is 2.01. The molecule has 0 fully saturated rings. The van der Waals surface area contributed by atoms with E-state index in [0.717, 1.165) is 6.42 Å². The first-order valence-electron chi connectivity index (χ1n) is 5.04. The zero-order chi connectivity index (χ0) is 12.0. The van der Waals surface area contributed by atoms with Gasteiger partial charge in [0.15, 0.2) is 0 Å². The van der Waals surface area contributed by atoms with Crippen LogP contribution in [-0.2, 0) is 4.79 Å². The van der Waals surface area contributed by atoms with Crippen molar-refractivity contribution in [3.8, 4) is 0 Å². The van der Waals surface area contributed by atoms with Gasteiger partial charge in [-0.05, 0) is 6.42 Å². The highest BCUT2D eigenvalue weighted by Crippen LogP contribution is 1.99. The Balaban J connectivity index is 2.69. The van der Waals surface area contributed by atoms with E-state index in [1.165, 1.54) is 18.3 Å². The van der Waals surface area contributed by atoms with E-state index in [-0.39, 0.29) is 24.2 Å². The van der Waals surface area contributed by atoms with Crippen molar-refractivity contribution in [3.05, 3.63) is 12.2 Å². The van der Waals surface area contributed by atoms with Crippen molar-refractivity contribution in [2.24, 2.45) is 0 Å². The molecule has 0 aliphatic heterocycles. The van der Waals surface area contributed by atoms with Crippen LogP contribution in [0, 0.1) is 0 Å². The maximum Gasteiger partial charge on any atom is 0.291 e. The summed E-state index contributed by atoms with van der Waals surface area (Å²) in [4.78, 5) is 28.3. The number of carbonyl (C=O) groups excluding carboxylic acids is 2. The van der Waals surface area contributed by atoms with Crippen LogP contribution in [0.15, 0.2) is 6.33 Å². The molecule has 1 aromatic rings. The topological polar surface area (TPSA) is 91.0 Å². The SMILES string of the molecule is CCCN(CC(=O)NC)C(=O)c1ncn[nH]1. The van der Waals surface area contributed by atoms with Crippen molar-refractivity contribution in [1.82, 2.24) is 25.4 Å². The summed E-state index contributed by atoms with van der Waals surface area (Å²) in [6.45, 7) is 2.47. The Morgan fingerprint density at radius 3 is 2.81 bits per heavy atom. The predicted molar refractivity (Wildman–Crippen MR) is 56.6 cm³/mol. The second-order valence-electron chi connectivity index (χ2n) is 3.23. The van der Waals surface area contributed by atoms with Gasteiger partial charge in [0.1, 0.15) is 6.33 Å². The van der Waals surface area contributed by atoms with Crippen molar-refractivity contribution in [1.29, 1.82) is 0 Å². The second-order valence-corrected chi connectivity index (χ2v) is 3.23. The molecule has 0 unspecified atom stereocenters. The molecule has 0 radical (unpaired) electrons. The molecule has 7 nitrogen and oxygen atoms in total. The molecule has 0 spiro atoms.